The Balaban J connectivity index is 1.53. The van der Waals surface area contributed by atoms with Crippen LogP contribution in [0.4, 0.5) is 0 Å². The van der Waals surface area contributed by atoms with Gasteiger partial charge in [-0.3, -0.25) is 4.79 Å². The first-order chi connectivity index (χ1) is 12.7. The average Bonchev–Trinajstić information content (AvgIpc) is 3.31. The van der Waals surface area contributed by atoms with Gasteiger partial charge in [-0.2, -0.15) is 0 Å². The van der Waals surface area contributed by atoms with Gasteiger partial charge in [0.2, 0.25) is 0 Å². The van der Waals surface area contributed by atoms with E-state index in [0.29, 0.717) is 12.2 Å². The summed E-state index contributed by atoms with van der Waals surface area (Å²) in [6.07, 6.45) is 6.95. The molecule has 1 saturated heterocycles. The lowest BCUT2D eigenvalue weighted by molar-refractivity contribution is 0.0596. The summed E-state index contributed by atoms with van der Waals surface area (Å²) in [6.45, 7) is 1.38. The predicted octanol–water partition coefficient (Wildman–Crippen LogP) is 3.03. The van der Waals surface area contributed by atoms with Gasteiger partial charge in [0.25, 0.3) is 5.91 Å². The van der Waals surface area contributed by atoms with Crippen LogP contribution in [0.3, 0.4) is 0 Å². The molecule has 1 amide bonds. The monoisotopic (exact) mass is 349 g/mol. The lowest BCUT2D eigenvalue weighted by atomic mass is 9.99. The molecule has 0 bridgehead atoms. The van der Waals surface area contributed by atoms with Crippen molar-refractivity contribution in [3.63, 3.8) is 0 Å². The van der Waals surface area contributed by atoms with E-state index in [2.05, 4.69) is 20.9 Å². The molecule has 0 radical (unpaired) electrons. The molecule has 3 heterocycles. The maximum absolute atomic E-state index is 13.1. The lowest BCUT2D eigenvalue weighted by Crippen LogP contribution is -2.39. The van der Waals surface area contributed by atoms with Crippen molar-refractivity contribution in [2.24, 2.45) is 7.05 Å². The Hall–Kier alpha value is -2.89. The minimum atomic E-state index is -0.0322. The predicted molar refractivity (Wildman–Crippen MR) is 98.6 cm³/mol. The molecule has 26 heavy (non-hydrogen) atoms. The van der Waals surface area contributed by atoms with Crippen molar-refractivity contribution in [3.8, 4) is 0 Å². The number of rotatable bonds is 4. The van der Waals surface area contributed by atoms with Gasteiger partial charge in [0.05, 0.1) is 18.8 Å². The highest BCUT2D eigenvalue weighted by Gasteiger charge is 2.31. The van der Waals surface area contributed by atoms with Crippen LogP contribution in [0.25, 0.3) is 0 Å². The van der Waals surface area contributed by atoms with Gasteiger partial charge in [-0.1, -0.05) is 35.5 Å². The van der Waals surface area contributed by atoms with Crippen LogP contribution in [0.2, 0.25) is 0 Å². The van der Waals surface area contributed by atoms with E-state index in [9.17, 15) is 4.79 Å². The van der Waals surface area contributed by atoms with Crippen molar-refractivity contribution in [1.29, 1.82) is 0 Å². The highest BCUT2D eigenvalue weighted by molar-refractivity contribution is 5.92. The van der Waals surface area contributed by atoms with Crippen molar-refractivity contribution in [3.05, 3.63) is 71.8 Å². The molecule has 0 saturated carbocycles. The number of hydrogen-bond donors (Lipinski definition) is 0. The van der Waals surface area contributed by atoms with Crippen LogP contribution in [0.1, 0.15) is 47.1 Å². The molecule has 134 valence electrons. The Morgan fingerprint density at radius 3 is 2.77 bits per heavy atom. The zero-order chi connectivity index (χ0) is 17.9. The summed E-state index contributed by atoms with van der Waals surface area (Å²) in [7, 11) is 2.03. The quantitative estimate of drug-likeness (QED) is 0.727. The summed E-state index contributed by atoms with van der Waals surface area (Å²) in [4.78, 5) is 15.0. The number of amides is 1. The first kappa shape index (κ1) is 16.6. The number of carbonyl (C=O) groups is 1. The van der Waals surface area contributed by atoms with Crippen LogP contribution in [0.15, 0.2) is 54.9 Å². The lowest BCUT2D eigenvalue weighted by Gasteiger charge is -2.35. The minimum Gasteiger partial charge on any atom is -0.353 e. The standard InChI is InChI=1S/C20H23N5O/c1-23-12-7-11-18(23)19-10-5-6-13-25(19)20(26)17-15-24(22-21-17)14-16-8-3-2-4-9-16/h2-4,7-9,11-12,15,19H,5-6,10,13-14H2,1H3. The van der Waals surface area contributed by atoms with Crippen LogP contribution in [-0.4, -0.2) is 36.9 Å². The highest BCUT2D eigenvalue weighted by Crippen LogP contribution is 2.31. The minimum absolute atomic E-state index is 0.0322. The zero-order valence-corrected chi connectivity index (χ0v) is 15.0. The number of hydrogen-bond acceptors (Lipinski definition) is 3. The number of piperidine rings is 1. The van der Waals surface area contributed by atoms with Gasteiger partial charge in [0.1, 0.15) is 0 Å². The molecule has 1 unspecified atom stereocenters. The van der Waals surface area contributed by atoms with E-state index in [1.54, 1.807) is 10.9 Å². The van der Waals surface area contributed by atoms with Crippen molar-refractivity contribution < 1.29 is 4.79 Å². The van der Waals surface area contributed by atoms with Gasteiger partial charge in [-0.15, -0.1) is 5.10 Å². The molecule has 1 fully saturated rings. The Morgan fingerprint density at radius 1 is 1.15 bits per heavy atom. The summed E-state index contributed by atoms with van der Waals surface area (Å²) in [6, 6.07) is 14.3. The van der Waals surface area contributed by atoms with E-state index in [4.69, 9.17) is 0 Å². The van der Waals surface area contributed by atoms with E-state index in [1.807, 2.05) is 54.5 Å². The molecule has 1 atom stereocenters. The molecule has 0 spiro atoms. The fraction of sp³-hybridized carbons (Fsp3) is 0.350. The molecule has 4 rings (SSSR count). The Bertz CT molecular complexity index is 883. The molecule has 3 aromatic rings. The third-order valence-corrected chi connectivity index (χ3v) is 5.03. The first-order valence-corrected chi connectivity index (χ1v) is 9.08. The molecule has 2 aromatic heterocycles. The SMILES string of the molecule is Cn1cccc1C1CCCCN1C(=O)c1cn(Cc2ccccc2)nn1. The third-order valence-electron chi connectivity index (χ3n) is 5.03. The second kappa shape index (κ2) is 7.15. The molecule has 1 aliphatic rings. The van der Waals surface area contributed by atoms with Crippen molar-refractivity contribution >= 4 is 5.91 Å². The number of benzene rings is 1. The number of likely N-dealkylation sites (tertiary alicyclic amines) is 1. The average molecular weight is 349 g/mol. The highest BCUT2D eigenvalue weighted by atomic mass is 16.2. The normalized spacial score (nSPS) is 17.4. The number of aryl methyl sites for hydroxylation is 1. The van der Waals surface area contributed by atoms with Crippen molar-refractivity contribution in [2.45, 2.75) is 31.8 Å². The van der Waals surface area contributed by atoms with Crippen molar-refractivity contribution in [2.75, 3.05) is 6.54 Å². The van der Waals surface area contributed by atoms with Crippen LogP contribution < -0.4 is 0 Å². The summed E-state index contributed by atoms with van der Waals surface area (Å²) in [5.74, 6) is -0.0322. The Kier molecular flexibility index (Phi) is 4.56. The largest absolute Gasteiger partial charge is 0.353 e. The van der Waals surface area contributed by atoms with E-state index >= 15 is 0 Å². The van der Waals surface area contributed by atoms with E-state index in [0.717, 1.165) is 31.4 Å². The molecule has 6 heteroatoms. The van der Waals surface area contributed by atoms with Gasteiger partial charge in [-0.05, 0) is 37.0 Å². The second-order valence-corrected chi connectivity index (χ2v) is 6.84. The summed E-state index contributed by atoms with van der Waals surface area (Å²) in [5, 5.41) is 8.29. The van der Waals surface area contributed by atoms with E-state index in [1.165, 1.54) is 5.69 Å². The zero-order valence-electron chi connectivity index (χ0n) is 15.0. The smallest absolute Gasteiger partial charge is 0.276 e. The van der Waals surface area contributed by atoms with E-state index in [-0.39, 0.29) is 11.9 Å². The molecular formula is C20H23N5O. The van der Waals surface area contributed by atoms with Gasteiger partial charge < -0.3 is 9.47 Å². The Labute approximate surface area is 153 Å². The third kappa shape index (κ3) is 3.27. The number of carbonyl (C=O) groups excluding carboxylic acids is 1. The Morgan fingerprint density at radius 2 is 2.00 bits per heavy atom. The maximum atomic E-state index is 13.1. The van der Waals surface area contributed by atoms with E-state index < -0.39 is 0 Å². The van der Waals surface area contributed by atoms with Gasteiger partial charge in [0, 0.05) is 25.5 Å². The van der Waals surface area contributed by atoms with Gasteiger partial charge in [0.15, 0.2) is 5.69 Å². The van der Waals surface area contributed by atoms with Crippen LogP contribution >= 0.6 is 0 Å². The molecular weight excluding hydrogens is 326 g/mol. The molecule has 6 nitrogen and oxygen atoms in total. The molecule has 1 aromatic carbocycles. The molecule has 1 aliphatic heterocycles. The fourth-order valence-electron chi connectivity index (χ4n) is 3.69. The second-order valence-electron chi connectivity index (χ2n) is 6.84. The molecule has 0 N–H and O–H groups in total. The summed E-state index contributed by atoms with van der Waals surface area (Å²) in [5.41, 5.74) is 2.73. The maximum Gasteiger partial charge on any atom is 0.276 e. The topological polar surface area (TPSA) is 56.0 Å². The first-order valence-electron chi connectivity index (χ1n) is 9.08. The van der Waals surface area contributed by atoms with Gasteiger partial charge in [-0.25, -0.2) is 4.68 Å². The fourth-order valence-corrected chi connectivity index (χ4v) is 3.69. The summed E-state index contributed by atoms with van der Waals surface area (Å²) >= 11 is 0. The number of aromatic nitrogens is 4. The van der Waals surface area contributed by atoms with Crippen LogP contribution in [0, 0.1) is 0 Å². The number of nitrogens with zero attached hydrogens (tertiary/aromatic N) is 5. The van der Waals surface area contributed by atoms with Crippen LogP contribution in [-0.2, 0) is 13.6 Å². The van der Waals surface area contributed by atoms with Crippen LogP contribution in [0.5, 0.6) is 0 Å². The van der Waals surface area contributed by atoms with Crippen molar-refractivity contribution in [1.82, 2.24) is 24.5 Å². The van der Waals surface area contributed by atoms with Gasteiger partial charge >= 0.3 is 0 Å². The molecule has 0 aliphatic carbocycles. The summed E-state index contributed by atoms with van der Waals surface area (Å²) < 4.78 is 3.83.